The van der Waals surface area contributed by atoms with Crippen molar-refractivity contribution in [3.63, 3.8) is 0 Å². The number of benzene rings is 3. The van der Waals surface area contributed by atoms with E-state index in [1.165, 1.54) is 24.3 Å². The fourth-order valence-corrected chi connectivity index (χ4v) is 4.36. The van der Waals surface area contributed by atoms with Crippen molar-refractivity contribution >= 4 is 46.4 Å². The average Bonchev–Trinajstić information content (AvgIpc) is 2.74. The number of carbonyl (C=O) groups excluding carboxylic acids is 1. The van der Waals surface area contributed by atoms with Crippen molar-refractivity contribution in [2.24, 2.45) is 0 Å². The molecule has 1 atom stereocenters. The van der Waals surface area contributed by atoms with E-state index in [0.717, 1.165) is 11.3 Å². The molecule has 3 nitrogen and oxygen atoms in total. The molecular formula is C23H18Cl3FN2O. The van der Waals surface area contributed by atoms with Crippen LogP contribution in [0.25, 0.3) is 0 Å². The van der Waals surface area contributed by atoms with Crippen molar-refractivity contribution < 1.29 is 9.18 Å². The van der Waals surface area contributed by atoms with Crippen LogP contribution in [-0.4, -0.2) is 30.4 Å². The molecule has 1 aliphatic heterocycles. The monoisotopic (exact) mass is 462 g/mol. The fraction of sp³-hybridized carbons (Fsp3) is 0.174. The summed E-state index contributed by atoms with van der Waals surface area (Å²) in [6, 6.07) is 18.5. The molecule has 1 amide bonds. The lowest BCUT2D eigenvalue weighted by Gasteiger charge is -2.43. The maximum Gasteiger partial charge on any atom is 0.253 e. The normalized spacial score (nSPS) is 16.6. The van der Waals surface area contributed by atoms with Crippen LogP contribution in [0.2, 0.25) is 15.1 Å². The minimum Gasteiger partial charge on any atom is -0.360 e. The van der Waals surface area contributed by atoms with E-state index in [2.05, 4.69) is 4.90 Å². The van der Waals surface area contributed by atoms with Crippen LogP contribution in [-0.2, 0) is 0 Å². The van der Waals surface area contributed by atoms with Crippen molar-refractivity contribution in [3.05, 3.63) is 98.7 Å². The maximum atomic E-state index is 13.2. The summed E-state index contributed by atoms with van der Waals surface area (Å²) in [5, 5.41) is 1.77. The van der Waals surface area contributed by atoms with Crippen molar-refractivity contribution in [2.45, 2.75) is 6.04 Å². The molecule has 1 fully saturated rings. The van der Waals surface area contributed by atoms with Gasteiger partial charge in [0.25, 0.3) is 5.91 Å². The van der Waals surface area contributed by atoms with E-state index in [1.807, 2.05) is 30.3 Å². The minimum absolute atomic E-state index is 0.126. The predicted molar refractivity (Wildman–Crippen MR) is 120 cm³/mol. The van der Waals surface area contributed by atoms with Crippen LogP contribution in [0.15, 0.2) is 66.7 Å². The predicted octanol–water partition coefficient (Wildman–Crippen LogP) is 6.49. The number of rotatable bonds is 3. The number of nitrogens with zero attached hydrogens (tertiary/aromatic N) is 2. The second-order valence-electron chi connectivity index (χ2n) is 7.11. The van der Waals surface area contributed by atoms with Gasteiger partial charge in [0.2, 0.25) is 0 Å². The SMILES string of the molecule is O=C(c1ccc(F)cc1)N1CCN(c2ccc(Cl)cc2Cl)C(c2ccc(Cl)cc2)C1. The Kier molecular flexibility index (Phi) is 6.19. The van der Waals surface area contributed by atoms with E-state index >= 15 is 0 Å². The first-order valence-corrected chi connectivity index (χ1v) is 10.6. The number of halogens is 4. The average molecular weight is 464 g/mol. The van der Waals surface area contributed by atoms with E-state index in [0.29, 0.717) is 40.3 Å². The highest BCUT2D eigenvalue weighted by Gasteiger charge is 2.32. The first-order chi connectivity index (χ1) is 14.4. The third-order valence-electron chi connectivity index (χ3n) is 5.23. The Bertz CT molecular complexity index is 1060. The van der Waals surface area contributed by atoms with E-state index in [1.54, 1.807) is 17.0 Å². The summed E-state index contributed by atoms with van der Waals surface area (Å²) in [6.45, 7) is 1.55. The molecule has 4 rings (SSSR count). The fourth-order valence-electron chi connectivity index (χ4n) is 3.72. The topological polar surface area (TPSA) is 23.6 Å². The Morgan fingerprint density at radius 2 is 1.53 bits per heavy atom. The van der Waals surface area contributed by atoms with E-state index < -0.39 is 0 Å². The maximum absolute atomic E-state index is 13.2. The molecule has 1 unspecified atom stereocenters. The summed E-state index contributed by atoms with van der Waals surface area (Å²) in [5.74, 6) is -0.497. The summed E-state index contributed by atoms with van der Waals surface area (Å²) in [7, 11) is 0. The van der Waals surface area contributed by atoms with Gasteiger partial charge in [-0.1, -0.05) is 46.9 Å². The van der Waals surface area contributed by atoms with Gasteiger partial charge in [-0.3, -0.25) is 4.79 Å². The quantitative estimate of drug-likeness (QED) is 0.443. The van der Waals surface area contributed by atoms with Gasteiger partial charge in [0.05, 0.1) is 16.8 Å². The van der Waals surface area contributed by atoms with Crippen LogP contribution in [0, 0.1) is 5.82 Å². The van der Waals surface area contributed by atoms with Crippen LogP contribution >= 0.6 is 34.8 Å². The van der Waals surface area contributed by atoms with Gasteiger partial charge in [-0.2, -0.15) is 0 Å². The van der Waals surface area contributed by atoms with E-state index in [4.69, 9.17) is 34.8 Å². The molecule has 0 N–H and O–H groups in total. The standard InChI is InChI=1S/C23H18Cl3FN2O/c24-17-5-1-15(2-6-17)22-14-28(23(30)16-3-8-19(27)9-4-16)11-12-29(22)21-10-7-18(25)13-20(21)26/h1-10,13,22H,11-12,14H2. The molecule has 1 saturated heterocycles. The lowest BCUT2D eigenvalue weighted by Crippen LogP contribution is -2.50. The lowest BCUT2D eigenvalue weighted by atomic mass is 10.0. The highest BCUT2D eigenvalue weighted by atomic mass is 35.5. The highest BCUT2D eigenvalue weighted by molar-refractivity contribution is 6.36. The van der Waals surface area contributed by atoms with E-state index in [9.17, 15) is 9.18 Å². The first kappa shape index (κ1) is 21.0. The zero-order valence-corrected chi connectivity index (χ0v) is 18.1. The molecule has 0 aliphatic carbocycles. The molecule has 1 heterocycles. The molecule has 0 saturated carbocycles. The highest BCUT2D eigenvalue weighted by Crippen LogP contribution is 2.37. The van der Waals surface area contributed by atoms with Crippen molar-refractivity contribution in [2.75, 3.05) is 24.5 Å². The largest absolute Gasteiger partial charge is 0.360 e. The first-order valence-electron chi connectivity index (χ1n) is 9.44. The minimum atomic E-state index is -0.368. The van der Waals surface area contributed by atoms with Gasteiger partial charge in [-0.15, -0.1) is 0 Å². The number of anilines is 1. The second-order valence-corrected chi connectivity index (χ2v) is 8.39. The summed E-state index contributed by atoms with van der Waals surface area (Å²) < 4.78 is 13.2. The zero-order chi connectivity index (χ0) is 21.3. The van der Waals surface area contributed by atoms with Gasteiger partial charge in [-0.25, -0.2) is 4.39 Å². The van der Waals surface area contributed by atoms with Gasteiger partial charge in [0, 0.05) is 35.2 Å². The summed E-state index contributed by atoms with van der Waals surface area (Å²) in [6.07, 6.45) is 0. The molecule has 3 aromatic rings. The molecule has 0 spiro atoms. The zero-order valence-electron chi connectivity index (χ0n) is 15.9. The summed E-state index contributed by atoms with van der Waals surface area (Å²) >= 11 is 18.6. The molecule has 154 valence electrons. The summed E-state index contributed by atoms with van der Waals surface area (Å²) in [5.41, 5.74) is 2.33. The Balaban J connectivity index is 1.66. The molecule has 3 aromatic carbocycles. The Morgan fingerprint density at radius 1 is 0.867 bits per heavy atom. The third-order valence-corrected chi connectivity index (χ3v) is 6.02. The molecule has 0 bridgehead atoms. The van der Waals surface area contributed by atoms with Gasteiger partial charge in [0.15, 0.2) is 0 Å². The number of piperazine rings is 1. The molecule has 0 radical (unpaired) electrons. The summed E-state index contributed by atoms with van der Waals surface area (Å²) in [4.78, 5) is 17.0. The van der Waals surface area contributed by atoms with E-state index in [-0.39, 0.29) is 17.8 Å². The number of hydrogen-bond donors (Lipinski definition) is 0. The van der Waals surface area contributed by atoms with Crippen molar-refractivity contribution in [1.82, 2.24) is 4.90 Å². The van der Waals surface area contributed by atoms with Crippen LogP contribution < -0.4 is 4.90 Å². The molecule has 7 heteroatoms. The van der Waals surface area contributed by atoms with Gasteiger partial charge in [0.1, 0.15) is 5.82 Å². The molecule has 1 aliphatic rings. The number of hydrogen-bond acceptors (Lipinski definition) is 2. The van der Waals surface area contributed by atoms with Gasteiger partial charge >= 0.3 is 0 Å². The third kappa shape index (κ3) is 4.41. The molecular weight excluding hydrogens is 446 g/mol. The number of amides is 1. The molecule has 0 aromatic heterocycles. The van der Waals surface area contributed by atoms with Crippen molar-refractivity contribution in [3.8, 4) is 0 Å². The Labute approximate surface area is 189 Å². The van der Waals surface area contributed by atoms with Crippen molar-refractivity contribution in [1.29, 1.82) is 0 Å². The molecule has 30 heavy (non-hydrogen) atoms. The Morgan fingerprint density at radius 3 is 2.20 bits per heavy atom. The lowest BCUT2D eigenvalue weighted by molar-refractivity contribution is 0.0722. The van der Waals surface area contributed by atoms with Gasteiger partial charge in [-0.05, 0) is 60.2 Å². The smallest absolute Gasteiger partial charge is 0.253 e. The van der Waals surface area contributed by atoms with Crippen LogP contribution in [0.3, 0.4) is 0 Å². The van der Waals surface area contributed by atoms with Crippen LogP contribution in [0.4, 0.5) is 10.1 Å². The second kappa shape index (κ2) is 8.84. The van der Waals surface area contributed by atoms with Crippen LogP contribution in [0.5, 0.6) is 0 Å². The number of carbonyl (C=O) groups is 1. The Hall–Kier alpha value is -2.27. The van der Waals surface area contributed by atoms with Crippen LogP contribution in [0.1, 0.15) is 22.0 Å². The van der Waals surface area contributed by atoms with Gasteiger partial charge < -0.3 is 9.80 Å².